The van der Waals surface area contributed by atoms with Gasteiger partial charge in [-0.3, -0.25) is 4.98 Å². The Balaban J connectivity index is 2.13. The van der Waals surface area contributed by atoms with Crippen molar-refractivity contribution in [2.45, 2.75) is 25.5 Å². The van der Waals surface area contributed by atoms with Crippen LogP contribution in [0.4, 0.5) is 0 Å². The van der Waals surface area contributed by atoms with E-state index in [1.165, 1.54) is 4.88 Å². The molecule has 72 valence electrons. The Bertz CT molecular complexity index is 265. The Morgan fingerprint density at radius 2 is 2.62 bits per heavy atom. The maximum Gasteiger partial charge on any atom is 0.113 e. The van der Waals surface area contributed by atoms with E-state index in [0.717, 1.165) is 13.2 Å². The number of morpholine rings is 1. The lowest BCUT2D eigenvalue weighted by Crippen LogP contribution is -2.49. The van der Waals surface area contributed by atoms with Crippen molar-refractivity contribution < 1.29 is 4.74 Å². The minimum absolute atomic E-state index is 0.173. The summed E-state index contributed by atoms with van der Waals surface area (Å²) in [4.78, 5) is 5.27. The van der Waals surface area contributed by atoms with Gasteiger partial charge >= 0.3 is 0 Å². The van der Waals surface area contributed by atoms with Crippen molar-refractivity contribution in [3.8, 4) is 0 Å². The molecule has 0 radical (unpaired) electrons. The van der Waals surface area contributed by atoms with Gasteiger partial charge in [-0.15, -0.1) is 11.3 Å². The van der Waals surface area contributed by atoms with Crippen molar-refractivity contribution in [3.63, 3.8) is 0 Å². The summed E-state index contributed by atoms with van der Waals surface area (Å²) in [5.74, 6) is 0. The van der Waals surface area contributed by atoms with Gasteiger partial charge in [0.1, 0.15) is 5.60 Å². The summed E-state index contributed by atoms with van der Waals surface area (Å²) in [5, 5.41) is 3.41. The molecular formula is C9H14N2OS. The van der Waals surface area contributed by atoms with Gasteiger partial charge < -0.3 is 10.1 Å². The van der Waals surface area contributed by atoms with Crippen LogP contribution in [0, 0.1) is 0 Å². The Morgan fingerprint density at radius 1 is 1.77 bits per heavy atom. The monoisotopic (exact) mass is 198 g/mol. The maximum atomic E-state index is 5.83. The first-order valence-corrected chi connectivity index (χ1v) is 5.35. The smallest absolute Gasteiger partial charge is 0.113 e. The molecule has 1 aromatic rings. The molecule has 0 saturated carbocycles. The topological polar surface area (TPSA) is 34.1 Å². The highest BCUT2D eigenvalue weighted by Gasteiger charge is 2.33. The van der Waals surface area contributed by atoms with Gasteiger partial charge in [-0.05, 0) is 13.8 Å². The second-order valence-corrected chi connectivity index (χ2v) is 4.58. The normalized spacial score (nSPS) is 34.8. The number of thiazole rings is 1. The molecule has 1 N–H and O–H groups in total. The van der Waals surface area contributed by atoms with Crippen LogP contribution in [-0.2, 0) is 10.3 Å². The van der Waals surface area contributed by atoms with Crippen LogP contribution >= 0.6 is 11.3 Å². The molecule has 2 heterocycles. The summed E-state index contributed by atoms with van der Waals surface area (Å²) in [6.45, 7) is 5.89. The van der Waals surface area contributed by atoms with Gasteiger partial charge in [-0.1, -0.05) is 0 Å². The molecule has 1 aliphatic heterocycles. The lowest BCUT2D eigenvalue weighted by molar-refractivity contribution is -0.0705. The number of hydrogen-bond donors (Lipinski definition) is 1. The number of hydrogen-bond acceptors (Lipinski definition) is 4. The van der Waals surface area contributed by atoms with E-state index in [9.17, 15) is 0 Å². The predicted octanol–water partition coefficient (Wildman–Crippen LogP) is 1.37. The van der Waals surface area contributed by atoms with Crippen molar-refractivity contribution in [1.82, 2.24) is 10.3 Å². The molecule has 1 aliphatic rings. The molecule has 0 aliphatic carbocycles. The third-order valence-electron chi connectivity index (χ3n) is 2.39. The van der Waals surface area contributed by atoms with Crippen molar-refractivity contribution in [2.24, 2.45) is 0 Å². The average Bonchev–Trinajstić information content (AvgIpc) is 2.63. The molecular weight excluding hydrogens is 184 g/mol. The minimum atomic E-state index is -0.173. The summed E-state index contributed by atoms with van der Waals surface area (Å²) < 4.78 is 5.83. The van der Waals surface area contributed by atoms with E-state index in [0.29, 0.717) is 6.04 Å². The van der Waals surface area contributed by atoms with Crippen LogP contribution in [-0.4, -0.2) is 24.2 Å². The Morgan fingerprint density at radius 3 is 3.15 bits per heavy atom. The first kappa shape index (κ1) is 9.12. The quantitative estimate of drug-likeness (QED) is 0.740. The highest BCUT2D eigenvalue weighted by Crippen LogP contribution is 2.29. The zero-order valence-electron chi connectivity index (χ0n) is 7.91. The molecule has 2 atom stereocenters. The molecule has 4 heteroatoms. The number of rotatable bonds is 1. The fourth-order valence-electron chi connectivity index (χ4n) is 1.42. The van der Waals surface area contributed by atoms with Crippen LogP contribution in [0.1, 0.15) is 18.7 Å². The van der Waals surface area contributed by atoms with Gasteiger partial charge in [0.2, 0.25) is 0 Å². The lowest BCUT2D eigenvalue weighted by atomic mass is 10.0. The summed E-state index contributed by atoms with van der Waals surface area (Å²) in [5.41, 5.74) is 1.68. The number of ether oxygens (including phenoxy) is 1. The molecule has 0 spiro atoms. The summed E-state index contributed by atoms with van der Waals surface area (Å²) >= 11 is 1.65. The largest absolute Gasteiger partial charge is 0.367 e. The Hall–Kier alpha value is -0.450. The SMILES string of the molecule is CC1COC(C)(c2cncs2)CN1. The van der Waals surface area contributed by atoms with Gasteiger partial charge in [0.05, 0.1) is 17.0 Å². The molecule has 2 rings (SSSR count). The van der Waals surface area contributed by atoms with Crippen LogP contribution in [0.3, 0.4) is 0 Å². The third kappa shape index (κ3) is 1.75. The molecule has 0 bridgehead atoms. The van der Waals surface area contributed by atoms with Crippen LogP contribution in [0.5, 0.6) is 0 Å². The fraction of sp³-hybridized carbons (Fsp3) is 0.667. The molecule has 1 fully saturated rings. The fourth-order valence-corrected chi connectivity index (χ4v) is 2.16. The van der Waals surface area contributed by atoms with Crippen LogP contribution in [0.25, 0.3) is 0 Å². The van der Waals surface area contributed by atoms with E-state index in [4.69, 9.17) is 4.74 Å². The maximum absolute atomic E-state index is 5.83. The molecule has 2 unspecified atom stereocenters. The van der Waals surface area contributed by atoms with Gasteiger partial charge in [0.15, 0.2) is 0 Å². The number of nitrogens with zero attached hydrogens (tertiary/aromatic N) is 1. The van der Waals surface area contributed by atoms with Gasteiger partial charge in [0.25, 0.3) is 0 Å². The van der Waals surface area contributed by atoms with E-state index in [1.807, 2.05) is 11.7 Å². The first-order valence-electron chi connectivity index (χ1n) is 4.47. The summed E-state index contributed by atoms with van der Waals surface area (Å²) in [6.07, 6.45) is 1.89. The van der Waals surface area contributed by atoms with Crippen molar-refractivity contribution in [3.05, 3.63) is 16.6 Å². The minimum Gasteiger partial charge on any atom is -0.367 e. The van der Waals surface area contributed by atoms with Crippen LogP contribution in [0.2, 0.25) is 0 Å². The Kier molecular flexibility index (Phi) is 2.36. The molecule has 1 aromatic heterocycles. The molecule has 0 aromatic carbocycles. The first-order chi connectivity index (χ1) is 6.21. The summed E-state index contributed by atoms with van der Waals surface area (Å²) in [7, 11) is 0. The molecule has 13 heavy (non-hydrogen) atoms. The highest BCUT2D eigenvalue weighted by molar-refractivity contribution is 7.09. The van der Waals surface area contributed by atoms with Crippen LogP contribution < -0.4 is 5.32 Å². The van der Waals surface area contributed by atoms with E-state index in [2.05, 4.69) is 24.1 Å². The third-order valence-corrected chi connectivity index (χ3v) is 3.41. The molecule has 3 nitrogen and oxygen atoms in total. The van der Waals surface area contributed by atoms with Gasteiger partial charge in [-0.25, -0.2) is 0 Å². The van der Waals surface area contributed by atoms with E-state index >= 15 is 0 Å². The van der Waals surface area contributed by atoms with Crippen molar-refractivity contribution >= 4 is 11.3 Å². The van der Waals surface area contributed by atoms with Crippen molar-refractivity contribution in [1.29, 1.82) is 0 Å². The van der Waals surface area contributed by atoms with Crippen molar-refractivity contribution in [2.75, 3.05) is 13.2 Å². The molecule has 0 amide bonds. The second-order valence-electron chi connectivity index (χ2n) is 3.69. The standard InChI is InChI=1S/C9H14N2OS/c1-7-4-12-9(2,5-11-7)8-3-10-6-13-8/h3,6-7,11H,4-5H2,1-2H3. The zero-order chi connectivity index (χ0) is 9.31. The van der Waals surface area contributed by atoms with E-state index in [-0.39, 0.29) is 5.60 Å². The lowest BCUT2D eigenvalue weighted by Gasteiger charge is -2.36. The van der Waals surface area contributed by atoms with Crippen LogP contribution in [0.15, 0.2) is 11.7 Å². The Labute approximate surface area is 82.1 Å². The number of nitrogens with one attached hydrogen (secondary N) is 1. The highest BCUT2D eigenvalue weighted by atomic mass is 32.1. The molecule has 1 saturated heterocycles. The summed E-state index contributed by atoms with van der Waals surface area (Å²) in [6, 6.07) is 0.459. The van der Waals surface area contributed by atoms with Gasteiger partial charge in [-0.2, -0.15) is 0 Å². The van der Waals surface area contributed by atoms with E-state index in [1.54, 1.807) is 11.3 Å². The predicted molar refractivity (Wildman–Crippen MR) is 52.9 cm³/mol. The second kappa shape index (κ2) is 3.36. The van der Waals surface area contributed by atoms with Gasteiger partial charge in [0, 0.05) is 18.8 Å². The van der Waals surface area contributed by atoms with E-state index < -0.39 is 0 Å². The number of aromatic nitrogens is 1. The zero-order valence-corrected chi connectivity index (χ0v) is 8.73. The average molecular weight is 198 g/mol.